The SMILES string of the molecule is Cl.O=C(NC1C2CC3CC(C2)CC1C3)c1cnn(CCNC2CC2)c1OCC1CCCCC1. The molecule has 6 saturated carbocycles. The van der Waals surface area contributed by atoms with Gasteiger partial charge in [-0.1, -0.05) is 19.3 Å². The van der Waals surface area contributed by atoms with Crippen LogP contribution in [0.4, 0.5) is 0 Å². The third kappa shape index (κ3) is 5.22. The van der Waals surface area contributed by atoms with Gasteiger partial charge in [0.2, 0.25) is 5.88 Å². The number of carbonyl (C=O) groups is 1. The Kier molecular flexibility index (Phi) is 7.22. The van der Waals surface area contributed by atoms with E-state index in [0.29, 0.717) is 47.9 Å². The van der Waals surface area contributed by atoms with Gasteiger partial charge in [0.1, 0.15) is 5.56 Å². The molecule has 0 saturated heterocycles. The average molecular weight is 477 g/mol. The van der Waals surface area contributed by atoms with Crippen LogP contribution in [0, 0.1) is 29.6 Å². The fourth-order valence-corrected chi connectivity index (χ4v) is 7.44. The van der Waals surface area contributed by atoms with Crippen molar-refractivity contribution < 1.29 is 9.53 Å². The van der Waals surface area contributed by atoms with E-state index in [1.807, 2.05) is 4.68 Å². The van der Waals surface area contributed by atoms with E-state index in [9.17, 15) is 4.79 Å². The molecule has 7 rings (SSSR count). The number of nitrogens with one attached hydrogen (secondary N) is 2. The van der Waals surface area contributed by atoms with Crippen LogP contribution < -0.4 is 15.4 Å². The molecular formula is C26H41ClN4O2. The summed E-state index contributed by atoms with van der Waals surface area (Å²) in [5, 5.41) is 11.6. The van der Waals surface area contributed by atoms with E-state index in [1.165, 1.54) is 77.0 Å². The number of amides is 1. The predicted molar refractivity (Wildman–Crippen MR) is 131 cm³/mol. The van der Waals surface area contributed by atoms with Gasteiger partial charge in [0.05, 0.1) is 19.3 Å². The Morgan fingerprint density at radius 1 is 1.00 bits per heavy atom. The van der Waals surface area contributed by atoms with Crippen molar-refractivity contribution in [3.63, 3.8) is 0 Å². The molecule has 0 spiro atoms. The lowest BCUT2D eigenvalue weighted by atomic mass is 9.54. The van der Waals surface area contributed by atoms with Crippen molar-refractivity contribution in [1.82, 2.24) is 20.4 Å². The molecule has 6 fully saturated rings. The highest BCUT2D eigenvalue weighted by molar-refractivity contribution is 5.96. The summed E-state index contributed by atoms with van der Waals surface area (Å²) in [5.74, 6) is 4.52. The summed E-state index contributed by atoms with van der Waals surface area (Å²) in [6, 6.07) is 1.03. The summed E-state index contributed by atoms with van der Waals surface area (Å²) in [6.07, 6.45) is 17.4. The first kappa shape index (κ1) is 23.5. The molecule has 1 aromatic heterocycles. The minimum absolute atomic E-state index is 0. The number of rotatable bonds is 9. The van der Waals surface area contributed by atoms with Crippen LogP contribution in [-0.4, -0.2) is 40.9 Å². The van der Waals surface area contributed by atoms with Crippen molar-refractivity contribution in [3.8, 4) is 5.88 Å². The van der Waals surface area contributed by atoms with E-state index < -0.39 is 0 Å². The highest BCUT2D eigenvalue weighted by Crippen LogP contribution is 2.53. The highest BCUT2D eigenvalue weighted by Gasteiger charge is 2.48. The lowest BCUT2D eigenvalue weighted by Crippen LogP contribution is -2.55. The summed E-state index contributed by atoms with van der Waals surface area (Å²) in [5.41, 5.74) is 0.640. The number of aromatic nitrogens is 2. The summed E-state index contributed by atoms with van der Waals surface area (Å²) >= 11 is 0. The molecule has 6 aliphatic rings. The van der Waals surface area contributed by atoms with E-state index in [-0.39, 0.29) is 18.3 Å². The Balaban J connectivity index is 0.00000228. The monoisotopic (exact) mass is 476 g/mol. The van der Waals surface area contributed by atoms with Crippen LogP contribution in [0.3, 0.4) is 0 Å². The van der Waals surface area contributed by atoms with Gasteiger partial charge in [-0.25, -0.2) is 4.68 Å². The molecule has 1 amide bonds. The first-order valence-corrected chi connectivity index (χ1v) is 13.5. The Hall–Kier alpha value is -1.27. The van der Waals surface area contributed by atoms with Crippen molar-refractivity contribution in [2.24, 2.45) is 29.6 Å². The minimum atomic E-state index is 0. The second-order valence-electron chi connectivity index (χ2n) is 11.6. The summed E-state index contributed by atoms with van der Waals surface area (Å²) in [4.78, 5) is 13.5. The van der Waals surface area contributed by atoms with Gasteiger partial charge in [-0.3, -0.25) is 4.79 Å². The second-order valence-corrected chi connectivity index (χ2v) is 11.6. The van der Waals surface area contributed by atoms with Crippen molar-refractivity contribution in [2.45, 2.75) is 95.7 Å². The van der Waals surface area contributed by atoms with E-state index in [0.717, 1.165) is 24.9 Å². The zero-order valence-electron chi connectivity index (χ0n) is 19.8. The van der Waals surface area contributed by atoms with Crippen molar-refractivity contribution in [3.05, 3.63) is 11.8 Å². The molecule has 6 aliphatic carbocycles. The van der Waals surface area contributed by atoms with Crippen LogP contribution in [-0.2, 0) is 6.54 Å². The third-order valence-electron chi connectivity index (χ3n) is 9.07. The molecule has 184 valence electrons. The van der Waals surface area contributed by atoms with Crippen LogP contribution in [0.5, 0.6) is 5.88 Å². The quantitative estimate of drug-likeness (QED) is 0.547. The third-order valence-corrected chi connectivity index (χ3v) is 9.07. The maximum Gasteiger partial charge on any atom is 0.258 e. The number of hydrogen-bond acceptors (Lipinski definition) is 4. The van der Waals surface area contributed by atoms with Gasteiger partial charge >= 0.3 is 0 Å². The molecule has 4 bridgehead atoms. The smallest absolute Gasteiger partial charge is 0.258 e. The standard InChI is InChI=1S/C26H40N4O2.ClH/c31-25(29-24-20-11-18-10-19(13-20)14-21(24)12-18)23-15-28-30(9-8-27-22-6-7-22)26(23)32-16-17-4-2-1-3-5-17;/h15,17-22,24,27H,1-14,16H2,(H,29,31);1H. The molecule has 6 nitrogen and oxygen atoms in total. The van der Waals surface area contributed by atoms with E-state index in [2.05, 4.69) is 15.7 Å². The minimum Gasteiger partial charge on any atom is -0.477 e. The normalized spacial score (nSPS) is 33.0. The fourth-order valence-electron chi connectivity index (χ4n) is 7.44. The van der Waals surface area contributed by atoms with Gasteiger partial charge in [0.25, 0.3) is 5.91 Å². The Morgan fingerprint density at radius 2 is 1.70 bits per heavy atom. The lowest BCUT2D eigenvalue weighted by Gasteiger charge is -2.54. The van der Waals surface area contributed by atoms with Crippen molar-refractivity contribution >= 4 is 18.3 Å². The zero-order chi connectivity index (χ0) is 21.5. The van der Waals surface area contributed by atoms with E-state index >= 15 is 0 Å². The van der Waals surface area contributed by atoms with Gasteiger partial charge in [0, 0.05) is 18.6 Å². The molecule has 1 heterocycles. The van der Waals surface area contributed by atoms with Crippen LogP contribution in [0.15, 0.2) is 6.20 Å². The number of hydrogen-bond donors (Lipinski definition) is 2. The molecule has 0 atom stereocenters. The fraction of sp³-hybridized carbons (Fsp3) is 0.846. The molecule has 7 heteroatoms. The average Bonchev–Trinajstić information content (AvgIpc) is 3.53. The van der Waals surface area contributed by atoms with Crippen molar-refractivity contribution in [1.29, 1.82) is 0 Å². The number of nitrogens with zero attached hydrogens (tertiary/aromatic N) is 2. The predicted octanol–water partition coefficient (Wildman–Crippen LogP) is 4.57. The lowest BCUT2D eigenvalue weighted by molar-refractivity contribution is -0.0120. The molecular weight excluding hydrogens is 436 g/mol. The van der Waals surface area contributed by atoms with Gasteiger partial charge < -0.3 is 15.4 Å². The van der Waals surface area contributed by atoms with E-state index in [4.69, 9.17) is 4.74 Å². The molecule has 0 unspecified atom stereocenters. The second kappa shape index (κ2) is 10.2. The Labute approximate surface area is 204 Å². The molecule has 1 aromatic rings. The number of ether oxygens (including phenoxy) is 1. The van der Waals surface area contributed by atoms with Gasteiger partial charge in [0.15, 0.2) is 0 Å². The van der Waals surface area contributed by atoms with Crippen LogP contribution in [0.25, 0.3) is 0 Å². The molecule has 33 heavy (non-hydrogen) atoms. The van der Waals surface area contributed by atoms with Crippen molar-refractivity contribution in [2.75, 3.05) is 13.2 Å². The molecule has 2 N–H and O–H groups in total. The van der Waals surface area contributed by atoms with Crippen LogP contribution in [0.2, 0.25) is 0 Å². The summed E-state index contributed by atoms with van der Waals surface area (Å²) in [7, 11) is 0. The maximum atomic E-state index is 13.5. The first-order chi connectivity index (χ1) is 15.7. The Bertz CT molecular complexity index is 789. The topological polar surface area (TPSA) is 68.2 Å². The van der Waals surface area contributed by atoms with Crippen LogP contribution in [0.1, 0.15) is 87.4 Å². The van der Waals surface area contributed by atoms with Gasteiger partial charge in [-0.2, -0.15) is 5.10 Å². The van der Waals surface area contributed by atoms with E-state index in [1.54, 1.807) is 6.20 Å². The summed E-state index contributed by atoms with van der Waals surface area (Å²) in [6.45, 7) is 2.34. The van der Waals surface area contributed by atoms with Crippen LogP contribution >= 0.6 is 12.4 Å². The highest BCUT2D eigenvalue weighted by atomic mass is 35.5. The number of carbonyl (C=O) groups excluding carboxylic acids is 1. The molecule has 0 aromatic carbocycles. The van der Waals surface area contributed by atoms with Gasteiger partial charge in [-0.05, 0) is 87.4 Å². The zero-order valence-corrected chi connectivity index (χ0v) is 20.7. The number of halogens is 1. The van der Waals surface area contributed by atoms with Gasteiger partial charge in [-0.15, -0.1) is 12.4 Å². The summed E-state index contributed by atoms with van der Waals surface area (Å²) < 4.78 is 8.28. The molecule has 0 aliphatic heterocycles. The maximum absolute atomic E-state index is 13.5. The Morgan fingerprint density at radius 3 is 2.36 bits per heavy atom. The molecule has 0 radical (unpaired) electrons. The first-order valence-electron chi connectivity index (χ1n) is 13.5. The largest absolute Gasteiger partial charge is 0.477 e.